The zero-order valence-corrected chi connectivity index (χ0v) is 30.1. The molecule has 0 spiro atoms. The first-order valence-electron chi connectivity index (χ1n) is 18.1. The second-order valence-electron chi connectivity index (χ2n) is 14.2. The Morgan fingerprint density at radius 3 is 1.77 bits per heavy atom. The maximum absolute atomic E-state index is 5.07. The van der Waals surface area contributed by atoms with Gasteiger partial charge < -0.3 is 4.57 Å². The van der Waals surface area contributed by atoms with Gasteiger partial charge in [-0.05, 0) is 59.0 Å². The highest BCUT2D eigenvalue weighted by atomic mass is 15.0. The Bertz CT molecular complexity index is 2690. The largest absolute Gasteiger partial charge is 0.309 e. The molecule has 1 aliphatic rings. The predicted molar refractivity (Wildman–Crippen MR) is 221 cm³/mol. The van der Waals surface area contributed by atoms with Crippen LogP contribution in [0.3, 0.4) is 0 Å². The van der Waals surface area contributed by atoms with Gasteiger partial charge in [0.15, 0.2) is 17.5 Å². The molecule has 0 unspecified atom stereocenters. The number of hydrogen-bond donors (Lipinski definition) is 0. The molecule has 0 bridgehead atoms. The Morgan fingerprint density at radius 2 is 1.15 bits per heavy atom. The molecule has 0 saturated heterocycles. The normalized spacial score (nSPS) is 13.6. The third kappa shape index (κ3) is 5.42. The number of rotatable bonds is 7. The molecule has 0 N–H and O–H groups in total. The number of hydrogen-bond acceptors (Lipinski definition) is 3. The van der Waals surface area contributed by atoms with Crippen LogP contribution in [0.4, 0.5) is 0 Å². The average molecular weight is 683 g/mol. The van der Waals surface area contributed by atoms with Crippen LogP contribution in [0.1, 0.15) is 31.9 Å². The van der Waals surface area contributed by atoms with Crippen molar-refractivity contribution >= 4 is 27.4 Å². The second-order valence-corrected chi connectivity index (χ2v) is 14.2. The molecule has 6 aromatic carbocycles. The molecule has 1 aliphatic carbocycles. The van der Waals surface area contributed by atoms with Gasteiger partial charge in [-0.2, -0.15) is 0 Å². The number of allylic oxidation sites excluding steroid dienone is 5. The molecule has 0 radical (unpaired) electrons. The van der Waals surface area contributed by atoms with Gasteiger partial charge >= 0.3 is 0 Å². The zero-order chi connectivity index (χ0) is 36.1. The van der Waals surface area contributed by atoms with E-state index in [-0.39, 0.29) is 5.41 Å². The van der Waals surface area contributed by atoms with Crippen LogP contribution in [0.2, 0.25) is 0 Å². The minimum absolute atomic E-state index is 0.203. The minimum atomic E-state index is -0.203. The van der Waals surface area contributed by atoms with E-state index in [1.54, 1.807) is 0 Å². The SMILES string of the molecule is C=C/C=C\C1=C(C)C(C)(C)c2c1ccc1c3cc(-c4ccccc4)ccc3n(-c3cccc(-c4nc(-c5ccccc5)nc(-c5ccccc5)n4)c3)c21. The molecule has 2 aromatic heterocycles. The maximum Gasteiger partial charge on any atom is 0.164 e. The van der Waals surface area contributed by atoms with Gasteiger partial charge in [-0.1, -0.05) is 166 Å². The monoisotopic (exact) mass is 682 g/mol. The Labute approximate surface area is 310 Å². The van der Waals surface area contributed by atoms with Gasteiger partial charge in [0.2, 0.25) is 0 Å². The molecule has 4 heteroatoms. The van der Waals surface area contributed by atoms with Gasteiger partial charge in [0, 0.05) is 38.6 Å². The molecule has 8 aromatic rings. The standard InChI is InChI=1S/C49H38N4/c1-5-6-25-39-32(2)49(3,4)44-40(39)27-28-41-42-31-36(33-17-10-7-11-18-33)26-29-43(42)53(45(41)44)38-24-16-23-37(30-38)48-51-46(34-19-12-8-13-20-34)50-47(52-48)35-21-14-9-15-22-35/h5-31H,1H2,2-4H3/b25-6-. The number of nitrogens with zero attached hydrogens (tertiary/aromatic N) is 4. The van der Waals surface area contributed by atoms with Crippen molar-refractivity contribution in [2.75, 3.05) is 0 Å². The fraction of sp³-hybridized carbons (Fsp3) is 0.0816. The maximum atomic E-state index is 5.07. The fourth-order valence-electron chi connectivity index (χ4n) is 7.87. The van der Waals surface area contributed by atoms with Crippen molar-refractivity contribution in [1.82, 2.24) is 19.5 Å². The number of benzene rings is 6. The van der Waals surface area contributed by atoms with Crippen molar-refractivity contribution in [3.8, 4) is 51.0 Å². The first-order valence-corrected chi connectivity index (χ1v) is 18.1. The lowest BCUT2D eigenvalue weighted by atomic mass is 9.81. The summed E-state index contributed by atoms with van der Waals surface area (Å²) in [7, 11) is 0. The van der Waals surface area contributed by atoms with Gasteiger partial charge in [-0.25, -0.2) is 15.0 Å². The molecule has 0 amide bonds. The lowest BCUT2D eigenvalue weighted by molar-refractivity contribution is 0.642. The third-order valence-electron chi connectivity index (χ3n) is 10.8. The van der Waals surface area contributed by atoms with Crippen LogP contribution in [0.5, 0.6) is 0 Å². The Kier molecular flexibility index (Phi) is 7.82. The smallest absolute Gasteiger partial charge is 0.164 e. The van der Waals surface area contributed by atoms with E-state index in [9.17, 15) is 0 Å². The molecule has 53 heavy (non-hydrogen) atoms. The zero-order valence-electron chi connectivity index (χ0n) is 30.1. The summed E-state index contributed by atoms with van der Waals surface area (Å²) in [6.07, 6.45) is 6.10. The van der Waals surface area contributed by atoms with Crippen molar-refractivity contribution in [3.63, 3.8) is 0 Å². The molecular weight excluding hydrogens is 645 g/mol. The Morgan fingerprint density at radius 1 is 0.566 bits per heavy atom. The highest BCUT2D eigenvalue weighted by Crippen LogP contribution is 2.51. The topological polar surface area (TPSA) is 43.6 Å². The summed E-state index contributed by atoms with van der Waals surface area (Å²) in [6.45, 7) is 10.9. The summed E-state index contributed by atoms with van der Waals surface area (Å²) in [5.41, 5.74) is 13.6. The highest BCUT2D eigenvalue weighted by molar-refractivity contribution is 6.13. The highest BCUT2D eigenvalue weighted by Gasteiger charge is 2.37. The van der Waals surface area contributed by atoms with E-state index in [1.165, 1.54) is 49.7 Å². The molecule has 4 nitrogen and oxygen atoms in total. The number of fused-ring (bicyclic) bond motifs is 5. The minimum Gasteiger partial charge on any atom is -0.309 e. The summed E-state index contributed by atoms with van der Waals surface area (Å²) < 4.78 is 2.45. The van der Waals surface area contributed by atoms with Gasteiger partial charge in [0.1, 0.15) is 0 Å². The first-order chi connectivity index (χ1) is 25.9. The Balaban J connectivity index is 1.31. The van der Waals surface area contributed by atoms with Gasteiger partial charge in [-0.3, -0.25) is 0 Å². The van der Waals surface area contributed by atoms with Crippen molar-refractivity contribution in [2.24, 2.45) is 0 Å². The second kappa shape index (κ2) is 12.8. The van der Waals surface area contributed by atoms with Crippen LogP contribution >= 0.6 is 0 Å². The summed E-state index contributed by atoms with van der Waals surface area (Å²) in [5.74, 6) is 1.92. The van der Waals surface area contributed by atoms with E-state index in [0.717, 1.165) is 27.9 Å². The van der Waals surface area contributed by atoms with Crippen LogP contribution in [0, 0.1) is 0 Å². The summed E-state index contributed by atoms with van der Waals surface area (Å²) in [6, 6.07) is 51.0. The van der Waals surface area contributed by atoms with Gasteiger partial charge in [0.25, 0.3) is 0 Å². The van der Waals surface area contributed by atoms with E-state index in [1.807, 2.05) is 72.8 Å². The van der Waals surface area contributed by atoms with E-state index < -0.39 is 0 Å². The first kappa shape index (κ1) is 32.3. The molecule has 0 atom stereocenters. The molecule has 0 saturated carbocycles. The fourth-order valence-corrected chi connectivity index (χ4v) is 7.87. The summed E-state index contributed by atoms with van der Waals surface area (Å²) in [5, 5.41) is 2.45. The third-order valence-corrected chi connectivity index (χ3v) is 10.8. The van der Waals surface area contributed by atoms with Crippen LogP contribution in [0.25, 0.3) is 78.4 Å². The Hall–Kier alpha value is -6.65. The van der Waals surface area contributed by atoms with Crippen molar-refractivity contribution in [1.29, 1.82) is 0 Å². The van der Waals surface area contributed by atoms with Crippen molar-refractivity contribution in [3.05, 3.63) is 187 Å². The van der Waals surface area contributed by atoms with Crippen LogP contribution in [0.15, 0.2) is 176 Å². The lowest BCUT2D eigenvalue weighted by Gasteiger charge is -2.24. The van der Waals surface area contributed by atoms with Crippen LogP contribution in [-0.4, -0.2) is 19.5 Å². The van der Waals surface area contributed by atoms with Gasteiger partial charge in [0.05, 0.1) is 11.0 Å². The van der Waals surface area contributed by atoms with E-state index in [4.69, 9.17) is 15.0 Å². The molecule has 9 rings (SSSR count). The summed E-state index contributed by atoms with van der Waals surface area (Å²) in [4.78, 5) is 15.1. The van der Waals surface area contributed by atoms with Crippen molar-refractivity contribution in [2.45, 2.75) is 26.2 Å². The van der Waals surface area contributed by atoms with E-state index in [2.05, 4.69) is 123 Å². The van der Waals surface area contributed by atoms with Crippen LogP contribution < -0.4 is 0 Å². The molecular formula is C49H38N4. The lowest BCUT2D eigenvalue weighted by Crippen LogP contribution is -2.17. The molecule has 0 fully saturated rings. The quantitative estimate of drug-likeness (QED) is 0.157. The van der Waals surface area contributed by atoms with E-state index in [0.29, 0.717) is 17.5 Å². The molecule has 0 aliphatic heterocycles. The average Bonchev–Trinajstić information content (AvgIpc) is 3.64. The number of aromatic nitrogens is 4. The molecule has 2 heterocycles. The van der Waals surface area contributed by atoms with Gasteiger partial charge in [-0.15, -0.1) is 0 Å². The van der Waals surface area contributed by atoms with Crippen molar-refractivity contribution < 1.29 is 0 Å². The predicted octanol–water partition coefficient (Wildman–Crippen LogP) is 12.4. The molecule has 254 valence electrons. The van der Waals surface area contributed by atoms with Crippen LogP contribution in [-0.2, 0) is 5.41 Å². The van der Waals surface area contributed by atoms with E-state index >= 15 is 0 Å². The summed E-state index contributed by atoms with van der Waals surface area (Å²) >= 11 is 0.